The lowest BCUT2D eigenvalue weighted by atomic mass is 10.2. The van der Waals surface area contributed by atoms with Gasteiger partial charge < -0.3 is 25.0 Å². The number of urea groups is 1. The van der Waals surface area contributed by atoms with Crippen molar-refractivity contribution in [3.8, 4) is 0 Å². The van der Waals surface area contributed by atoms with Crippen LogP contribution in [-0.2, 0) is 14.3 Å². The van der Waals surface area contributed by atoms with Crippen LogP contribution in [0, 0.1) is 0 Å². The molecule has 10 heteroatoms. The molecule has 2 aromatic rings. The van der Waals surface area contributed by atoms with Crippen LogP contribution in [-0.4, -0.2) is 57.0 Å². The molecule has 1 atom stereocenters. The number of benzene rings is 2. The van der Waals surface area contributed by atoms with Crippen LogP contribution < -0.4 is 20.4 Å². The summed E-state index contributed by atoms with van der Waals surface area (Å²) in [6.45, 7) is 1.57. The number of cyclic esters (lactones) is 1. The van der Waals surface area contributed by atoms with Crippen LogP contribution in [0.1, 0.15) is 0 Å². The number of hydrogen-bond donors (Lipinski definition) is 2. The molecule has 4 amide bonds. The standard InChI is InChI=1S/C21H21BrN4O5/c22-14-1-3-15(4-2-14)24-20(28)23-11-18-12-26(21(29)31-18)17-7-5-16(6-8-17)25-9-10-30-13-19(25)27/h1-8,18H,9-13H2,(H2,23,24,28). The summed E-state index contributed by atoms with van der Waals surface area (Å²) in [4.78, 5) is 39.5. The molecule has 31 heavy (non-hydrogen) atoms. The number of ether oxygens (including phenoxy) is 2. The molecule has 2 aromatic carbocycles. The lowest BCUT2D eigenvalue weighted by molar-refractivity contribution is -0.125. The van der Waals surface area contributed by atoms with Crippen molar-refractivity contribution in [2.24, 2.45) is 0 Å². The molecule has 2 aliphatic rings. The highest BCUT2D eigenvalue weighted by atomic mass is 79.9. The van der Waals surface area contributed by atoms with E-state index in [0.29, 0.717) is 31.1 Å². The summed E-state index contributed by atoms with van der Waals surface area (Å²) in [5.41, 5.74) is 2.08. The molecular formula is C21H21BrN4O5. The van der Waals surface area contributed by atoms with Gasteiger partial charge in [0.15, 0.2) is 0 Å². The van der Waals surface area contributed by atoms with Crippen molar-refractivity contribution in [2.75, 3.05) is 48.0 Å². The van der Waals surface area contributed by atoms with E-state index in [0.717, 1.165) is 10.2 Å². The topological polar surface area (TPSA) is 100 Å². The Morgan fingerprint density at radius 3 is 2.39 bits per heavy atom. The van der Waals surface area contributed by atoms with Crippen molar-refractivity contribution in [1.82, 2.24) is 5.32 Å². The second-order valence-corrected chi connectivity index (χ2v) is 7.99. The summed E-state index contributed by atoms with van der Waals surface area (Å²) >= 11 is 3.34. The molecule has 2 fully saturated rings. The summed E-state index contributed by atoms with van der Waals surface area (Å²) in [5, 5.41) is 5.44. The molecule has 2 heterocycles. The van der Waals surface area contributed by atoms with Gasteiger partial charge in [0.1, 0.15) is 12.7 Å². The van der Waals surface area contributed by atoms with E-state index in [1.807, 2.05) is 12.1 Å². The average Bonchev–Trinajstić information content (AvgIpc) is 3.15. The largest absolute Gasteiger partial charge is 0.442 e. The molecule has 0 spiro atoms. The van der Waals surface area contributed by atoms with Crippen LogP contribution in [0.25, 0.3) is 0 Å². The molecule has 2 aliphatic heterocycles. The fraction of sp³-hybridized carbons (Fsp3) is 0.286. The van der Waals surface area contributed by atoms with Gasteiger partial charge in [-0.3, -0.25) is 9.69 Å². The monoisotopic (exact) mass is 488 g/mol. The third-order valence-corrected chi connectivity index (χ3v) is 5.45. The third-order valence-electron chi connectivity index (χ3n) is 4.93. The predicted molar refractivity (Wildman–Crippen MR) is 118 cm³/mol. The van der Waals surface area contributed by atoms with E-state index in [-0.39, 0.29) is 25.1 Å². The molecule has 2 N–H and O–H groups in total. The Morgan fingerprint density at radius 2 is 1.71 bits per heavy atom. The van der Waals surface area contributed by atoms with Crippen LogP contribution in [0.3, 0.4) is 0 Å². The molecule has 0 saturated carbocycles. The lowest BCUT2D eigenvalue weighted by Crippen LogP contribution is -2.41. The van der Waals surface area contributed by atoms with Crippen molar-refractivity contribution in [3.05, 3.63) is 53.0 Å². The van der Waals surface area contributed by atoms with Crippen molar-refractivity contribution in [3.63, 3.8) is 0 Å². The Balaban J connectivity index is 1.30. The van der Waals surface area contributed by atoms with Gasteiger partial charge in [0.05, 0.1) is 19.7 Å². The summed E-state index contributed by atoms with van der Waals surface area (Å²) in [7, 11) is 0. The second-order valence-electron chi connectivity index (χ2n) is 7.07. The van der Waals surface area contributed by atoms with Gasteiger partial charge in [0.2, 0.25) is 0 Å². The van der Waals surface area contributed by atoms with Crippen LogP contribution in [0.5, 0.6) is 0 Å². The van der Waals surface area contributed by atoms with Crippen molar-refractivity contribution < 1.29 is 23.9 Å². The smallest absolute Gasteiger partial charge is 0.414 e. The number of rotatable bonds is 5. The summed E-state index contributed by atoms with van der Waals surface area (Å²) < 4.78 is 11.4. The minimum Gasteiger partial charge on any atom is -0.442 e. The highest BCUT2D eigenvalue weighted by Gasteiger charge is 2.32. The normalized spacial score (nSPS) is 18.7. The Morgan fingerprint density at radius 1 is 1.03 bits per heavy atom. The summed E-state index contributed by atoms with van der Waals surface area (Å²) in [5.74, 6) is -0.0906. The van der Waals surface area contributed by atoms with Crippen molar-refractivity contribution in [1.29, 1.82) is 0 Å². The lowest BCUT2D eigenvalue weighted by Gasteiger charge is -2.27. The van der Waals surface area contributed by atoms with Gasteiger partial charge in [-0.25, -0.2) is 9.59 Å². The maximum absolute atomic E-state index is 12.3. The molecule has 4 rings (SSSR count). The zero-order valence-electron chi connectivity index (χ0n) is 16.5. The van der Waals surface area contributed by atoms with Gasteiger partial charge in [0, 0.05) is 28.1 Å². The number of morpholine rings is 1. The van der Waals surface area contributed by atoms with Gasteiger partial charge in [-0.05, 0) is 48.5 Å². The van der Waals surface area contributed by atoms with Crippen molar-refractivity contribution in [2.45, 2.75) is 6.10 Å². The fourth-order valence-electron chi connectivity index (χ4n) is 3.36. The first-order valence-corrected chi connectivity index (χ1v) is 10.6. The second kappa shape index (κ2) is 9.36. The zero-order chi connectivity index (χ0) is 21.8. The number of hydrogen-bond acceptors (Lipinski definition) is 5. The molecule has 0 radical (unpaired) electrons. The molecule has 162 valence electrons. The number of carbonyl (C=O) groups excluding carboxylic acids is 3. The Kier molecular flexibility index (Phi) is 6.38. The molecular weight excluding hydrogens is 468 g/mol. The summed E-state index contributed by atoms with van der Waals surface area (Å²) in [6, 6.07) is 14.0. The fourth-order valence-corrected chi connectivity index (χ4v) is 3.62. The quantitative estimate of drug-likeness (QED) is 0.673. The average molecular weight is 489 g/mol. The van der Waals surface area contributed by atoms with Gasteiger partial charge >= 0.3 is 12.1 Å². The van der Waals surface area contributed by atoms with Gasteiger partial charge in [-0.2, -0.15) is 0 Å². The maximum atomic E-state index is 12.3. The molecule has 0 aromatic heterocycles. The predicted octanol–water partition coefficient (Wildman–Crippen LogP) is 2.96. The zero-order valence-corrected chi connectivity index (χ0v) is 18.1. The molecule has 1 unspecified atom stereocenters. The third kappa shape index (κ3) is 5.15. The maximum Gasteiger partial charge on any atom is 0.414 e. The molecule has 9 nitrogen and oxygen atoms in total. The number of amides is 4. The minimum atomic E-state index is -0.477. The van der Waals surface area contributed by atoms with Crippen molar-refractivity contribution >= 4 is 51.0 Å². The van der Waals surface area contributed by atoms with Gasteiger partial charge in [-0.1, -0.05) is 15.9 Å². The first-order chi connectivity index (χ1) is 15.0. The molecule has 0 aliphatic carbocycles. The number of carbonyl (C=O) groups is 3. The van der Waals surface area contributed by atoms with Gasteiger partial charge in [0.25, 0.3) is 5.91 Å². The van der Waals surface area contributed by atoms with Crippen LogP contribution in [0.4, 0.5) is 26.7 Å². The summed E-state index contributed by atoms with van der Waals surface area (Å²) in [6.07, 6.45) is -0.945. The first-order valence-electron chi connectivity index (χ1n) is 9.76. The van der Waals surface area contributed by atoms with Crippen LogP contribution >= 0.6 is 15.9 Å². The van der Waals surface area contributed by atoms with E-state index < -0.39 is 12.2 Å². The highest BCUT2D eigenvalue weighted by molar-refractivity contribution is 9.10. The van der Waals surface area contributed by atoms with E-state index in [4.69, 9.17) is 9.47 Å². The van der Waals surface area contributed by atoms with E-state index in [1.54, 1.807) is 41.3 Å². The van der Waals surface area contributed by atoms with E-state index in [9.17, 15) is 14.4 Å². The van der Waals surface area contributed by atoms with Gasteiger partial charge in [-0.15, -0.1) is 0 Å². The van der Waals surface area contributed by atoms with E-state index in [1.165, 1.54) is 4.90 Å². The SMILES string of the molecule is O=C(NCC1CN(c2ccc(N3CCOCC3=O)cc2)C(=O)O1)Nc1ccc(Br)cc1. The number of nitrogens with zero attached hydrogens (tertiary/aromatic N) is 2. The Hall–Kier alpha value is -3.11. The number of nitrogens with one attached hydrogen (secondary N) is 2. The van der Waals surface area contributed by atoms with E-state index in [2.05, 4.69) is 26.6 Å². The van der Waals surface area contributed by atoms with Crippen LogP contribution in [0.2, 0.25) is 0 Å². The van der Waals surface area contributed by atoms with Crippen LogP contribution in [0.15, 0.2) is 53.0 Å². The highest BCUT2D eigenvalue weighted by Crippen LogP contribution is 2.25. The molecule has 0 bridgehead atoms. The molecule has 2 saturated heterocycles. The minimum absolute atomic E-state index is 0.0737. The first kappa shape index (κ1) is 21.1. The number of anilines is 3. The Bertz CT molecular complexity index is 967. The number of halogens is 1. The Labute approximate surface area is 187 Å². The van der Waals surface area contributed by atoms with E-state index >= 15 is 0 Å².